The molecule has 0 unspecified atom stereocenters. The number of rotatable bonds is 2. The molecule has 0 radical (unpaired) electrons. The molecule has 0 spiro atoms. The largest absolute Gasteiger partial charge is 0.396 e. The van der Waals surface area contributed by atoms with Gasteiger partial charge in [-0.1, -0.05) is 0 Å². The summed E-state index contributed by atoms with van der Waals surface area (Å²) < 4.78 is 38.5. The van der Waals surface area contributed by atoms with E-state index in [1.54, 1.807) is 0 Å². The van der Waals surface area contributed by atoms with Gasteiger partial charge in [-0.3, -0.25) is 0 Å². The van der Waals surface area contributed by atoms with Crippen molar-refractivity contribution in [2.45, 2.75) is 6.42 Å². The van der Waals surface area contributed by atoms with Gasteiger partial charge in [-0.2, -0.15) is 0 Å². The predicted octanol–water partition coefficient (Wildman–Crippen LogP) is 2.40. The third-order valence-electron chi connectivity index (χ3n) is 1.56. The van der Waals surface area contributed by atoms with Gasteiger partial charge < -0.3 is 5.11 Å². The summed E-state index contributed by atoms with van der Waals surface area (Å²) in [7, 11) is 0. The predicted molar refractivity (Wildman–Crippen MR) is 44.8 cm³/mol. The average Bonchev–Trinajstić information content (AvgIpc) is 2.09. The summed E-state index contributed by atoms with van der Waals surface area (Å²) in [5, 5.41) is 8.48. The molecule has 72 valence electrons. The second kappa shape index (κ2) is 4.11. The quantitative estimate of drug-likeness (QED) is 0.804. The van der Waals surface area contributed by atoms with E-state index in [1.165, 1.54) is 0 Å². The normalized spacial score (nSPS) is 10.5. The van der Waals surface area contributed by atoms with Gasteiger partial charge in [0, 0.05) is 18.6 Å². The topological polar surface area (TPSA) is 20.2 Å². The summed E-state index contributed by atoms with van der Waals surface area (Å²) in [5.41, 5.74) is -0.436. The number of benzene rings is 1. The van der Waals surface area contributed by atoms with Gasteiger partial charge in [0.25, 0.3) is 0 Å². The fraction of sp³-hybridized carbons (Fsp3) is 0.250. The Morgan fingerprint density at radius 1 is 1.23 bits per heavy atom. The molecule has 1 aromatic carbocycles. The molecule has 0 aliphatic rings. The van der Waals surface area contributed by atoms with Crippen LogP contribution in [0.15, 0.2) is 10.5 Å². The number of halogens is 4. The highest BCUT2D eigenvalue weighted by molar-refractivity contribution is 9.10. The van der Waals surface area contributed by atoms with Crippen molar-refractivity contribution in [3.05, 3.63) is 33.6 Å². The van der Waals surface area contributed by atoms with Gasteiger partial charge in [0.05, 0.1) is 4.47 Å². The van der Waals surface area contributed by atoms with Gasteiger partial charge in [0.2, 0.25) is 0 Å². The van der Waals surface area contributed by atoms with E-state index in [9.17, 15) is 13.2 Å². The minimum absolute atomic E-state index is 0.144. The highest BCUT2D eigenvalue weighted by Crippen LogP contribution is 2.24. The summed E-state index contributed by atoms with van der Waals surface area (Å²) in [4.78, 5) is 0. The molecule has 0 saturated heterocycles. The van der Waals surface area contributed by atoms with E-state index in [2.05, 4.69) is 15.9 Å². The maximum absolute atomic E-state index is 13.1. The van der Waals surface area contributed by atoms with Crippen molar-refractivity contribution >= 4 is 15.9 Å². The Morgan fingerprint density at radius 2 is 1.85 bits per heavy atom. The van der Waals surface area contributed by atoms with Crippen LogP contribution in [0.3, 0.4) is 0 Å². The molecule has 0 fully saturated rings. The van der Waals surface area contributed by atoms with Crippen LogP contribution in [0.1, 0.15) is 5.56 Å². The number of aliphatic hydroxyl groups is 1. The van der Waals surface area contributed by atoms with Gasteiger partial charge in [-0.05, 0) is 22.0 Å². The molecule has 0 heterocycles. The Balaban J connectivity index is 3.28. The maximum Gasteiger partial charge on any atom is 0.165 e. The minimum Gasteiger partial charge on any atom is -0.396 e. The Labute approximate surface area is 81.3 Å². The molecular formula is C8H6BrF3O. The smallest absolute Gasteiger partial charge is 0.165 e. The second-order valence-electron chi connectivity index (χ2n) is 2.42. The molecule has 0 aromatic heterocycles. The van der Waals surface area contributed by atoms with Crippen molar-refractivity contribution in [3.8, 4) is 0 Å². The molecule has 0 atom stereocenters. The minimum atomic E-state index is -1.24. The zero-order valence-electron chi connectivity index (χ0n) is 6.45. The lowest BCUT2D eigenvalue weighted by Crippen LogP contribution is -2.02. The van der Waals surface area contributed by atoms with Crippen LogP contribution in [-0.2, 0) is 6.42 Å². The molecule has 1 rings (SSSR count). The SMILES string of the molecule is OCCc1c(F)c(F)cc(Br)c1F. The average molecular weight is 255 g/mol. The fourth-order valence-electron chi connectivity index (χ4n) is 0.954. The van der Waals surface area contributed by atoms with E-state index in [0.717, 1.165) is 0 Å². The van der Waals surface area contributed by atoms with Gasteiger partial charge in [-0.25, -0.2) is 13.2 Å². The first-order chi connectivity index (χ1) is 6.07. The van der Waals surface area contributed by atoms with Crippen molar-refractivity contribution in [2.24, 2.45) is 0 Å². The molecule has 1 N–H and O–H groups in total. The monoisotopic (exact) mass is 254 g/mol. The molecule has 5 heteroatoms. The van der Waals surface area contributed by atoms with E-state index in [4.69, 9.17) is 5.11 Å². The molecule has 0 aliphatic heterocycles. The zero-order chi connectivity index (χ0) is 10.0. The van der Waals surface area contributed by atoms with Crippen molar-refractivity contribution in [3.63, 3.8) is 0 Å². The van der Waals surface area contributed by atoms with Crippen molar-refractivity contribution in [1.29, 1.82) is 0 Å². The van der Waals surface area contributed by atoms with Crippen molar-refractivity contribution in [1.82, 2.24) is 0 Å². The highest BCUT2D eigenvalue weighted by atomic mass is 79.9. The summed E-state index contributed by atoms with van der Waals surface area (Å²) in [6.45, 7) is -0.427. The van der Waals surface area contributed by atoms with Crippen LogP contribution < -0.4 is 0 Å². The number of hydrogen-bond acceptors (Lipinski definition) is 1. The molecular weight excluding hydrogens is 249 g/mol. The first kappa shape index (κ1) is 10.5. The standard InChI is InChI=1S/C8H6BrF3O/c9-5-3-6(10)8(12)4(1-2-13)7(5)11/h3,13H,1-2H2. The van der Waals surface area contributed by atoms with Crippen LogP contribution in [0.5, 0.6) is 0 Å². The lowest BCUT2D eigenvalue weighted by Gasteiger charge is -2.05. The number of hydrogen-bond donors (Lipinski definition) is 1. The fourth-order valence-corrected chi connectivity index (χ4v) is 1.39. The zero-order valence-corrected chi connectivity index (χ0v) is 8.04. The maximum atomic E-state index is 13.1. The molecule has 0 saturated carbocycles. The Bertz CT molecular complexity index is 301. The van der Waals surface area contributed by atoms with E-state index in [0.29, 0.717) is 6.07 Å². The van der Waals surface area contributed by atoms with E-state index < -0.39 is 29.6 Å². The summed E-state index contributed by atoms with van der Waals surface area (Å²) >= 11 is 2.74. The van der Waals surface area contributed by atoms with Crippen LogP contribution in [0.2, 0.25) is 0 Å². The first-order valence-corrected chi connectivity index (χ1v) is 4.30. The van der Waals surface area contributed by atoms with E-state index in [-0.39, 0.29) is 10.9 Å². The van der Waals surface area contributed by atoms with Crippen LogP contribution >= 0.6 is 15.9 Å². The van der Waals surface area contributed by atoms with Gasteiger partial charge in [0.15, 0.2) is 11.6 Å². The van der Waals surface area contributed by atoms with Crippen molar-refractivity contribution in [2.75, 3.05) is 6.61 Å². The molecule has 1 aromatic rings. The molecule has 0 aliphatic carbocycles. The number of aliphatic hydroxyl groups excluding tert-OH is 1. The van der Waals surface area contributed by atoms with Crippen LogP contribution in [0, 0.1) is 17.5 Å². The van der Waals surface area contributed by atoms with E-state index >= 15 is 0 Å². The second-order valence-corrected chi connectivity index (χ2v) is 3.27. The molecule has 0 amide bonds. The lowest BCUT2D eigenvalue weighted by molar-refractivity contribution is 0.294. The summed E-state index contributed by atoms with van der Waals surface area (Å²) in [5.74, 6) is -3.24. The molecule has 0 bridgehead atoms. The lowest BCUT2D eigenvalue weighted by atomic mass is 10.1. The first-order valence-electron chi connectivity index (χ1n) is 3.50. The Hall–Kier alpha value is -0.550. The molecule has 1 nitrogen and oxygen atoms in total. The van der Waals surface area contributed by atoms with Crippen molar-refractivity contribution < 1.29 is 18.3 Å². The third kappa shape index (κ3) is 2.03. The van der Waals surface area contributed by atoms with Gasteiger partial charge in [-0.15, -0.1) is 0 Å². The van der Waals surface area contributed by atoms with E-state index in [1.807, 2.05) is 0 Å². The Morgan fingerprint density at radius 3 is 2.38 bits per heavy atom. The summed E-state index contributed by atoms with van der Waals surface area (Å²) in [6.07, 6.45) is -0.242. The summed E-state index contributed by atoms with van der Waals surface area (Å²) in [6, 6.07) is 0.714. The van der Waals surface area contributed by atoms with Crippen LogP contribution in [0.4, 0.5) is 13.2 Å². The highest BCUT2D eigenvalue weighted by Gasteiger charge is 2.16. The van der Waals surface area contributed by atoms with Crippen LogP contribution in [-0.4, -0.2) is 11.7 Å². The third-order valence-corrected chi connectivity index (χ3v) is 2.14. The Kier molecular flexibility index (Phi) is 3.33. The van der Waals surface area contributed by atoms with Gasteiger partial charge >= 0.3 is 0 Å². The van der Waals surface area contributed by atoms with Crippen LogP contribution in [0.25, 0.3) is 0 Å². The van der Waals surface area contributed by atoms with Gasteiger partial charge in [0.1, 0.15) is 5.82 Å². The molecule has 13 heavy (non-hydrogen) atoms.